The number of rotatable bonds is 7. The summed E-state index contributed by atoms with van der Waals surface area (Å²) in [5.41, 5.74) is 2.17. The summed E-state index contributed by atoms with van der Waals surface area (Å²) in [7, 11) is 1.59. The van der Waals surface area contributed by atoms with E-state index < -0.39 is 6.10 Å². The normalized spacial score (nSPS) is 16.3. The Kier molecular flexibility index (Phi) is 6.98. The molecule has 0 amide bonds. The molecule has 154 valence electrons. The Balaban J connectivity index is 1.97. The van der Waals surface area contributed by atoms with E-state index >= 15 is 0 Å². The Hall–Kier alpha value is -1.61. The van der Waals surface area contributed by atoms with Crippen molar-refractivity contribution in [1.29, 1.82) is 0 Å². The molecular weight excluding hydrogens is 428 g/mol. The second kappa shape index (κ2) is 9.26. The number of halogens is 1. The van der Waals surface area contributed by atoms with Gasteiger partial charge in [0.05, 0.1) is 49.0 Å². The molecule has 1 fully saturated rings. The SMILES string of the molecule is CCOC(=O)c1c(C)n(C[C@H](O)C[NH+]2CCOCC2)c2cc(Br)c(OC)cc12. The number of aliphatic hydroxyl groups excluding tert-OH is 1. The third-order valence-corrected chi connectivity index (χ3v) is 5.81. The molecule has 1 aliphatic rings. The van der Waals surface area contributed by atoms with Crippen molar-refractivity contribution in [2.45, 2.75) is 26.5 Å². The van der Waals surface area contributed by atoms with E-state index in [1.54, 1.807) is 14.0 Å². The molecule has 1 atom stereocenters. The van der Waals surface area contributed by atoms with Gasteiger partial charge in [0.15, 0.2) is 0 Å². The van der Waals surface area contributed by atoms with Gasteiger partial charge in [-0.05, 0) is 41.9 Å². The minimum absolute atomic E-state index is 0.307. The number of hydrogen-bond donors (Lipinski definition) is 2. The van der Waals surface area contributed by atoms with Crippen molar-refractivity contribution >= 4 is 32.8 Å². The first-order valence-electron chi connectivity index (χ1n) is 9.59. The van der Waals surface area contributed by atoms with E-state index in [0.29, 0.717) is 31.0 Å². The highest BCUT2D eigenvalue weighted by Gasteiger charge is 2.25. The Morgan fingerprint density at radius 3 is 2.75 bits per heavy atom. The fraction of sp³-hybridized carbons (Fsp3) is 0.550. The molecule has 8 heteroatoms. The van der Waals surface area contributed by atoms with E-state index in [0.717, 1.165) is 47.4 Å². The van der Waals surface area contributed by atoms with Crippen LogP contribution in [0.5, 0.6) is 5.75 Å². The number of carbonyl (C=O) groups excluding carboxylic acids is 1. The zero-order chi connectivity index (χ0) is 20.3. The van der Waals surface area contributed by atoms with Gasteiger partial charge in [-0.2, -0.15) is 0 Å². The third kappa shape index (κ3) is 4.35. The number of ether oxygens (including phenoxy) is 3. The monoisotopic (exact) mass is 455 g/mol. The Morgan fingerprint density at radius 1 is 1.39 bits per heavy atom. The lowest BCUT2D eigenvalue weighted by molar-refractivity contribution is -0.911. The number of carbonyl (C=O) groups is 1. The fourth-order valence-corrected chi connectivity index (χ4v) is 4.30. The van der Waals surface area contributed by atoms with Gasteiger partial charge >= 0.3 is 5.97 Å². The van der Waals surface area contributed by atoms with Gasteiger partial charge < -0.3 is 28.8 Å². The van der Waals surface area contributed by atoms with Gasteiger partial charge in [-0.25, -0.2) is 4.79 Å². The average molecular weight is 456 g/mol. The van der Waals surface area contributed by atoms with Crippen molar-refractivity contribution in [3.8, 4) is 5.75 Å². The number of nitrogens with one attached hydrogen (secondary N) is 1. The van der Waals surface area contributed by atoms with Gasteiger partial charge in [-0.3, -0.25) is 0 Å². The highest BCUT2D eigenvalue weighted by atomic mass is 79.9. The highest BCUT2D eigenvalue weighted by Crippen LogP contribution is 2.35. The van der Waals surface area contributed by atoms with Crippen LogP contribution in [-0.4, -0.2) is 68.3 Å². The standard InChI is InChI=1S/C20H27BrN2O5/c1-4-28-20(25)19-13(2)23(12-14(24)11-22-5-7-27-8-6-22)17-10-16(21)18(26-3)9-15(17)19/h9-10,14,24H,4-8,11-12H2,1-3H3/p+1/t14-/m1/s1. The molecule has 1 saturated heterocycles. The number of fused-ring (bicyclic) bond motifs is 1. The number of hydrogen-bond acceptors (Lipinski definition) is 5. The van der Waals surface area contributed by atoms with Crippen LogP contribution in [0.4, 0.5) is 0 Å². The Morgan fingerprint density at radius 2 is 2.11 bits per heavy atom. The van der Waals surface area contributed by atoms with E-state index in [1.165, 1.54) is 4.90 Å². The first-order chi connectivity index (χ1) is 13.5. The maximum Gasteiger partial charge on any atom is 0.340 e. The van der Waals surface area contributed by atoms with Gasteiger partial charge in [-0.1, -0.05) is 0 Å². The van der Waals surface area contributed by atoms with Crippen LogP contribution in [0.3, 0.4) is 0 Å². The smallest absolute Gasteiger partial charge is 0.340 e. The lowest BCUT2D eigenvalue weighted by Gasteiger charge is -2.26. The summed E-state index contributed by atoms with van der Waals surface area (Å²) in [5.74, 6) is 0.287. The molecule has 2 N–H and O–H groups in total. The van der Waals surface area contributed by atoms with Crippen molar-refractivity contribution in [3.05, 3.63) is 27.9 Å². The fourth-order valence-electron chi connectivity index (χ4n) is 3.80. The van der Waals surface area contributed by atoms with Crippen LogP contribution in [-0.2, 0) is 16.0 Å². The summed E-state index contributed by atoms with van der Waals surface area (Å²) in [4.78, 5) is 13.9. The van der Waals surface area contributed by atoms with Gasteiger partial charge in [-0.15, -0.1) is 0 Å². The van der Waals surface area contributed by atoms with Crippen LogP contribution >= 0.6 is 15.9 Å². The largest absolute Gasteiger partial charge is 0.496 e. The molecule has 0 saturated carbocycles. The molecule has 0 aliphatic carbocycles. The van der Waals surface area contributed by atoms with Crippen LogP contribution in [0, 0.1) is 6.92 Å². The summed E-state index contributed by atoms with van der Waals surface area (Å²) in [6.07, 6.45) is -0.529. The summed E-state index contributed by atoms with van der Waals surface area (Å²) in [5, 5.41) is 11.5. The van der Waals surface area contributed by atoms with Crippen LogP contribution < -0.4 is 9.64 Å². The molecule has 28 heavy (non-hydrogen) atoms. The Labute approximate surface area is 173 Å². The van der Waals surface area contributed by atoms with Crippen molar-refractivity contribution in [2.75, 3.05) is 46.6 Å². The topological polar surface area (TPSA) is 74.4 Å². The second-order valence-electron chi connectivity index (χ2n) is 7.02. The molecular formula is C20H28BrN2O5+. The zero-order valence-corrected chi connectivity index (χ0v) is 18.2. The van der Waals surface area contributed by atoms with E-state index in [1.807, 2.05) is 23.6 Å². The van der Waals surface area contributed by atoms with Crippen LogP contribution in [0.15, 0.2) is 16.6 Å². The van der Waals surface area contributed by atoms with E-state index in [-0.39, 0.29) is 5.97 Å². The maximum absolute atomic E-state index is 12.6. The van der Waals surface area contributed by atoms with Gasteiger partial charge in [0.1, 0.15) is 31.5 Å². The molecule has 1 aromatic carbocycles. The van der Waals surface area contributed by atoms with Crippen LogP contribution in [0.25, 0.3) is 10.9 Å². The number of aliphatic hydroxyl groups is 1. The molecule has 1 aromatic heterocycles. The molecule has 3 rings (SSSR count). The number of methoxy groups -OCH3 is 1. The van der Waals surface area contributed by atoms with Gasteiger partial charge in [0.2, 0.25) is 0 Å². The van der Waals surface area contributed by atoms with E-state index in [4.69, 9.17) is 14.2 Å². The summed E-state index contributed by atoms with van der Waals surface area (Å²) in [6, 6.07) is 3.77. The molecule has 0 spiro atoms. The second-order valence-corrected chi connectivity index (χ2v) is 7.87. The molecule has 0 radical (unpaired) electrons. The lowest BCUT2D eigenvalue weighted by Crippen LogP contribution is -3.15. The maximum atomic E-state index is 12.6. The first-order valence-corrected chi connectivity index (χ1v) is 10.4. The van der Waals surface area contributed by atoms with E-state index in [9.17, 15) is 9.90 Å². The van der Waals surface area contributed by atoms with E-state index in [2.05, 4.69) is 15.9 Å². The van der Waals surface area contributed by atoms with Crippen molar-refractivity contribution in [1.82, 2.24) is 4.57 Å². The summed E-state index contributed by atoms with van der Waals surface area (Å²) >= 11 is 3.52. The Bertz CT molecular complexity index is 845. The molecule has 1 aliphatic heterocycles. The zero-order valence-electron chi connectivity index (χ0n) is 16.6. The number of nitrogens with zero attached hydrogens (tertiary/aromatic N) is 1. The number of benzene rings is 1. The van der Waals surface area contributed by atoms with Crippen molar-refractivity contribution < 1.29 is 29.0 Å². The minimum Gasteiger partial charge on any atom is -0.496 e. The van der Waals surface area contributed by atoms with Gasteiger partial charge in [0, 0.05) is 11.1 Å². The summed E-state index contributed by atoms with van der Waals surface area (Å²) in [6.45, 7) is 8.31. The molecule has 2 heterocycles. The predicted molar refractivity (Wildman–Crippen MR) is 109 cm³/mol. The van der Waals surface area contributed by atoms with Gasteiger partial charge in [0.25, 0.3) is 0 Å². The third-order valence-electron chi connectivity index (χ3n) is 5.19. The number of esters is 1. The number of morpholine rings is 1. The van der Waals surface area contributed by atoms with Crippen molar-refractivity contribution in [2.24, 2.45) is 0 Å². The molecule has 2 aromatic rings. The average Bonchev–Trinajstić information content (AvgIpc) is 2.93. The molecule has 0 unspecified atom stereocenters. The number of aromatic nitrogens is 1. The first kappa shape index (κ1) is 21.1. The number of quaternary nitrogens is 1. The predicted octanol–water partition coefficient (Wildman–Crippen LogP) is 1.17. The van der Waals surface area contributed by atoms with Crippen LogP contribution in [0.2, 0.25) is 0 Å². The highest BCUT2D eigenvalue weighted by molar-refractivity contribution is 9.10. The molecule has 0 bridgehead atoms. The quantitative estimate of drug-likeness (QED) is 0.613. The summed E-state index contributed by atoms with van der Waals surface area (Å²) < 4.78 is 18.9. The lowest BCUT2D eigenvalue weighted by atomic mass is 10.1. The molecule has 7 nitrogen and oxygen atoms in total. The van der Waals surface area contributed by atoms with Crippen molar-refractivity contribution in [3.63, 3.8) is 0 Å². The minimum atomic E-state index is -0.529. The van der Waals surface area contributed by atoms with Crippen LogP contribution in [0.1, 0.15) is 23.0 Å².